The third-order valence-electron chi connectivity index (χ3n) is 9.24. The number of H-pyrrole nitrogens is 3. The molecule has 0 spiro atoms. The molecule has 11 heteroatoms. The van der Waals surface area contributed by atoms with Crippen LogP contribution in [0.5, 0.6) is 0 Å². The average Bonchev–Trinajstić information content (AvgIpc) is 3.78. The number of likely N-dealkylation sites (N-methyl/N-ethyl adjacent to an activating group) is 1. The van der Waals surface area contributed by atoms with Crippen molar-refractivity contribution >= 4 is 44.3 Å². The number of aromatic nitrogens is 6. The fourth-order valence-electron chi connectivity index (χ4n) is 6.81. The maximum absolute atomic E-state index is 6.10. The predicted molar refractivity (Wildman–Crippen MR) is 183 cm³/mol. The van der Waals surface area contributed by atoms with Crippen LogP contribution in [0.2, 0.25) is 0 Å². The number of nitrogens with zero attached hydrogens (tertiary/aromatic N) is 6. The summed E-state index contributed by atoms with van der Waals surface area (Å²) in [5, 5.41) is 8.85. The fraction of sp³-hybridized carbons (Fsp3) is 0.371. The molecule has 2 aliphatic heterocycles. The molecule has 1 radical (unpaired) electrons. The average molecular weight is 619 g/mol. The van der Waals surface area contributed by atoms with Crippen LogP contribution in [0.15, 0.2) is 54.6 Å². The molecule has 0 bridgehead atoms. The van der Waals surface area contributed by atoms with Gasteiger partial charge in [-0.05, 0) is 89.5 Å². The molecule has 0 amide bonds. The van der Waals surface area contributed by atoms with Crippen LogP contribution in [-0.2, 0) is 9.47 Å². The Hall–Kier alpha value is -4.45. The van der Waals surface area contributed by atoms with Gasteiger partial charge in [0.05, 0.1) is 53.0 Å². The molecule has 3 N–H and O–H groups in total. The Morgan fingerprint density at radius 2 is 1.52 bits per heavy atom. The molecule has 3 aromatic heterocycles. The molecular weight excluding hydrogens is 578 g/mol. The Balaban J connectivity index is 1.09. The van der Waals surface area contributed by atoms with Crippen LogP contribution in [0, 0.1) is 6.92 Å². The first-order chi connectivity index (χ1) is 22.3. The predicted octanol–water partition coefficient (Wildman–Crippen LogP) is 5.23. The molecule has 3 aromatic carbocycles. The number of ether oxygens (including phenoxy) is 2. The van der Waals surface area contributed by atoms with Crippen LogP contribution < -0.4 is 9.80 Å². The highest BCUT2D eigenvalue weighted by Gasteiger charge is 2.27. The Kier molecular flexibility index (Phi) is 7.19. The molecule has 2 saturated heterocycles. The summed E-state index contributed by atoms with van der Waals surface area (Å²) in [5.41, 5.74) is 8.81. The lowest BCUT2D eigenvalue weighted by Crippen LogP contribution is -2.51. The van der Waals surface area contributed by atoms with Gasteiger partial charge in [0.1, 0.15) is 11.5 Å². The topological polar surface area (TPSA) is 114 Å². The van der Waals surface area contributed by atoms with Crippen molar-refractivity contribution in [1.82, 2.24) is 35.0 Å². The number of fused-ring (bicyclic) bond motifs is 3. The van der Waals surface area contributed by atoms with E-state index in [0.29, 0.717) is 19.3 Å². The number of morpholine rings is 2. The number of imidazole rings is 2. The van der Waals surface area contributed by atoms with Crippen LogP contribution in [0.3, 0.4) is 0 Å². The van der Waals surface area contributed by atoms with Crippen molar-refractivity contribution in [2.75, 3.05) is 56.7 Å². The lowest BCUT2D eigenvalue weighted by Gasteiger charge is -2.40. The van der Waals surface area contributed by atoms with Crippen molar-refractivity contribution in [3.8, 4) is 22.9 Å². The third-order valence-corrected chi connectivity index (χ3v) is 9.24. The highest BCUT2D eigenvalue weighted by atomic mass is 16.5. The van der Waals surface area contributed by atoms with E-state index in [1.165, 1.54) is 5.69 Å². The van der Waals surface area contributed by atoms with E-state index in [9.17, 15) is 0 Å². The molecule has 0 saturated carbocycles. The second kappa shape index (κ2) is 11.4. The van der Waals surface area contributed by atoms with Crippen molar-refractivity contribution < 1.29 is 9.47 Å². The minimum atomic E-state index is -0.0411. The Morgan fingerprint density at radius 1 is 0.804 bits per heavy atom. The van der Waals surface area contributed by atoms with Crippen molar-refractivity contribution in [3.63, 3.8) is 0 Å². The van der Waals surface area contributed by atoms with Gasteiger partial charge in [-0.3, -0.25) is 5.10 Å². The van der Waals surface area contributed by atoms with Gasteiger partial charge in [0.2, 0.25) is 0 Å². The van der Waals surface area contributed by atoms with Gasteiger partial charge in [0, 0.05) is 54.0 Å². The van der Waals surface area contributed by atoms with Gasteiger partial charge >= 0.3 is 0 Å². The quantitative estimate of drug-likeness (QED) is 0.233. The van der Waals surface area contributed by atoms with Gasteiger partial charge in [0.15, 0.2) is 5.82 Å². The Morgan fingerprint density at radius 3 is 2.37 bits per heavy atom. The zero-order valence-corrected chi connectivity index (χ0v) is 26.7. The summed E-state index contributed by atoms with van der Waals surface area (Å²) in [5.74, 6) is 1.54. The minimum absolute atomic E-state index is 0.0411. The van der Waals surface area contributed by atoms with Gasteiger partial charge in [-0.25, -0.2) is 9.97 Å². The first kappa shape index (κ1) is 29.0. The van der Waals surface area contributed by atoms with Crippen molar-refractivity contribution in [2.24, 2.45) is 0 Å². The number of hydrogen-bond acceptors (Lipinski definition) is 8. The zero-order chi connectivity index (χ0) is 31.5. The summed E-state index contributed by atoms with van der Waals surface area (Å²) >= 11 is 0. The standard InChI is InChI=1S/C35H40N9O2/c1-20-18-45-22(3)15-43(20)24-7-10-29-31(13-24)38-34(36-29)23-6-9-28-27(12-23)33(41-40-28)35-37-30-11-8-25(14-32(30)39-35)44-17-26(16-42(4)5)46-19-21(44)2/h6-14,20-22,26H,3,15-19H2,1-2,4-5H3,(H,36,38)(H,37,39)(H,40,41). The maximum Gasteiger partial charge on any atom is 0.159 e. The SMILES string of the molecule is [CH2]C1CN(c2ccc3[nH]c(-c4ccc5[nH]nc(-c6nc7ccc(N8CC(CN(C)C)OCC8C)cc7[nH]6)c5c4)nc3c2)C(C)CO1. The number of aromatic amines is 3. The maximum atomic E-state index is 6.10. The summed E-state index contributed by atoms with van der Waals surface area (Å²) in [6, 6.07) is 19.7. The van der Waals surface area contributed by atoms with Gasteiger partial charge in [-0.15, -0.1) is 0 Å². The third kappa shape index (κ3) is 5.28. The molecule has 4 atom stereocenters. The number of anilines is 2. The van der Waals surface area contributed by atoms with Gasteiger partial charge in [0.25, 0.3) is 0 Å². The first-order valence-corrected chi connectivity index (χ1v) is 16.0. The molecule has 6 aromatic rings. The van der Waals surface area contributed by atoms with E-state index in [-0.39, 0.29) is 18.2 Å². The molecule has 0 aliphatic carbocycles. The first-order valence-electron chi connectivity index (χ1n) is 16.0. The van der Waals surface area contributed by atoms with Gasteiger partial charge < -0.3 is 34.1 Å². The number of benzene rings is 3. The minimum Gasteiger partial charge on any atom is -0.374 e. The Labute approximate surface area is 267 Å². The smallest absolute Gasteiger partial charge is 0.159 e. The lowest BCUT2D eigenvalue weighted by molar-refractivity contribution is 0.00880. The van der Waals surface area contributed by atoms with E-state index in [4.69, 9.17) is 19.4 Å². The van der Waals surface area contributed by atoms with Crippen LogP contribution >= 0.6 is 0 Å². The van der Waals surface area contributed by atoms with Gasteiger partial charge in [-0.1, -0.05) is 0 Å². The highest BCUT2D eigenvalue weighted by molar-refractivity contribution is 5.96. The van der Waals surface area contributed by atoms with Crippen molar-refractivity contribution in [3.05, 3.63) is 61.5 Å². The fourth-order valence-corrected chi connectivity index (χ4v) is 6.81. The van der Waals surface area contributed by atoms with Crippen LogP contribution in [0.1, 0.15) is 13.8 Å². The molecule has 46 heavy (non-hydrogen) atoms. The largest absolute Gasteiger partial charge is 0.374 e. The van der Waals surface area contributed by atoms with E-state index in [1.54, 1.807) is 0 Å². The molecule has 2 fully saturated rings. The summed E-state index contributed by atoms with van der Waals surface area (Å²) in [6.45, 7) is 12.4. The zero-order valence-electron chi connectivity index (χ0n) is 26.7. The van der Waals surface area contributed by atoms with Crippen molar-refractivity contribution in [2.45, 2.75) is 38.1 Å². The summed E-state index contributed by atoms with van der Waals surface area (Å²) in [4.78, 5) is 24.0. The molecule has 11 nitrogen and oxygen atoms in total. The highest BCUT2D eigenvalue weighted by Crippen LogP contribution is 2.33. The van der Waals surface area contributed by atoms with E-state index in [0.717, 1.165) is 81.2 Å². The molecule has 4 unspecified atom stereocenters. The van der Waals surface area contributed by atoms with E-state index >= 15 is 0 Å². The summed E-state index contributed by atoms with van der Waals surface area (Å²) < 4.78 is 11.8. The second-order valence-corrected chi connectivity index (χ2v) is 13.1. The van der Waals surface area contributed by atoms with Crippen molar-refractivity contribution in [1.29, 1.82) is 0 Å². The number of rotatable bonds is 6. The monoisotopic (exact) mass is 618 g/mol. The second-order valence-electron chi connectivity index (χ2n) is 13.1. The molecular formula is C35H40N9O2. The number of hydrogen-bond donors (Lipinski definition) is 3. The summed E-state index contributed by atoms with van der Waals surface area (Å²) in [7, 11) is 4.17. The molecule has 2 aliphatic rings. The molecule has 237 valence electrons. The number of nitrogens with one attached hydrogen (secondary N) is 3. The van der Waals surface area contributed by atoms with E-state index in [2.05, 4.69) is 118 Å². The molecule has 8 rings (SSSR count). The lowest BCUT2D eigenvalue weighted by atomic mass is 10.1. The van der Waals surface area contributed by atoms with Crippen LogP contribution in [-0.4, -0.2) is 106 Å². The van der Waals surface area contributed by atoms with Crippen LogP contribution in [0.4, 0.5) is 11.4 Å². The normalized spacial score (nSPS) is 22.6. The van der Waals surface area contributed by atoms with Gasteiger partial charge in [-0.2, -0.15) is 5.10 Å². The van der Waals surface area contributed by atoms with E-state index < -0.39 is 0 Å². The molecule has 5 heterocycles. The summed E-state index contributed by atoms with van der Waals surface area (Å²) in [6.07, 6.45) is 0.133. The van der Waals surface area contributed by atoms with E-state index in [1.807, 2.05) is 6.07 Å². The Bertz CT molecular complexity index is 2030. The van der Waals surface area contributed by atoms with Crippen LogP contribution in [0.25, 0.3) is 55.9 Å².